The van der Waals surface area contributed by atoms with Crippen molar-refractivity contribution in [3.05, 3.63) is 60.2 Å². The molecule has 0 amide bonds. The first kappa shape index (κ1) is 21.1. The highest BCUT2D eigenvalue weighted by atomic mass is 16.5. The number of nitrogens with two attached hydrogens (primary N) is 1. The number of benzene rings is 2. The van der Waals surface area contributed by atoms with Gasteiger partial charge in [-0.2, -0.15) is 0 Å². The van der Waals surface area contributed by atoms with E-state index < -0.39 is 0 Å². The number of guanidine groups is 1. The van der Waals surface area contributed by atoms with Gasteiger partial charge in [0.25, 0.3) is 0 Å². The standard InChI is InChI=1S/C23H32N4O2/c24-13-5-15-27(23(25)26-14-4-8-20(16-26)17-28)21-9-11-22(12-10-21)29-18-19-6-2-1-3-7-19/h1-3,6-7,9-12,20,25,28H,4-5,8,13-18,24H2. The maximum atomic E-state index is 9.51. The van der Waals surface area contributed by atoms with E-state index >= 15 is 0 Å². The van der Waals surface area contributed by atoms with Gasteiger partial charge in [0.15, 0.2) is 5.96 Å². The number of likely N-dealkylation sites (tertiary alicyclic amines) is 1. The Labute approximate surface area is 173 Å². The Hall–Kier alpha value is -2.57. The van der Waals surface area contributed by atoms with Gasteiger partial charge in [-0.1, -0.05) is 30.3 Å². The molecular weight excluding hydrogens is 364 g/mol. The van der Waals surface area contributed by atoms with E-state index in [-0.39, 0.29) is 12.5 Å². The van der Waals surface area contributed by atoms with Crippen LogP contribution in [0.15, 0.2) is 54.6 Å². The smallest absolute Gasteiger partial charge is 0.198 e. The second kappa shape index (κ2) is 10.8. The van der Waals surface area contributed by atoms with Gasteiger partial charge >= 0.3 is 0 Å². The van der Waals surface area contributed by atoms with Crippen LogP contribution in [0.4, 0.5) is 5.69 Å². The SMILES string of the molecule is N=C(N1CCCC(CO)C1)N(CCCN)c1ccc(OCc2ccccc2)cc1. The number of hydrogen-bond acceptors (Lipinski definition) is 4. The van der Waals surface area contributed by atoms with Crippen LogP contribution in [0, 0.1) is 11.3 Å². The van der Waals surface area contributed by atoms with Gasteiger partial charge in [0.1, 0.15) is 12.4 Å². The Balaban J connectivity index is 1.66. The molecule has 0 bridgehead atoms. The molecule has 0 aliphatic carbocycles. The fourth-order valence-corrected chi connectivity index (χ4v) is 3.65. The first-order valence-electron chi connectivity index (χ1n) is 10.4. The summed E-state index contributed by atoms with van der Waals surface area (Å²) in [5, 5.41) is 18.3. The van der Waals surface area contributed by atoms with Crippen LogP contribution in [0.1, 0.15) is 24.8 Å². The van der Waals surface area contributed by atoms with Crippen LogP contribution in [-0.2, 0) is 6.61 Å². The number of aliphatic hydroxyl groups excluding tert-OH is 1. The van der Waals surface area contributed by atoms with Crippen LogP contribution in [-0.4, -0.2) is 48.8 Å². The third-order valence-electron chi connectivity index (χ3n) is 5.31. The van der Waals surface area contributed by atoms with E-state index in [4.69, 9.17) is 15.9 Å². The van der Waals surface area contributed by atoms with Crippen molar-refractivity contribution >= 4 is 11.6 Å². The lowest BCUT2D eigenvalue weighted by atomic mass is 9.99. The van der Waals surface area contributed by atoms with Crippen molar-refractivity contribution < 1.29 is 9.84 Å². The molecule has 156 valence electrons. The van der Waals surface area contributed by atoms with E-state index in [1.54, 1.807) is 0 Å². The van der Waals surface area contributed by atoms with Gasteiger partial charge in [0.05, 0.1) is 0 Å². The number of nitrogens with zero attached hydrogens (tertiary/aromatic N) is 2. The van der Waals surface area contributed by atoms with Gasteiger partial charge in [-0.3, -0.25) is 5.41 Å². The van der Waals surface area contributed by atoms with Crippen LogP contribution < -0.4 is 15.4 Å². The molecule has 0 saturated carbocycles. The molecule has 1 aliphatic rings. The highest BCUT2D eigenvalue weighted by Crippen LogP contribution is 2.23. The lowest BCUT2D eigenvalue weighted by molar-refractivity contribution is 0.159. The number of aliphatic hydroxyl groups is 1. The number of rotatable bonds is 8. The van der Waals surface area contributed by atoms with E-state index in [1.165, 1.54) is 0 Å². The molecule has 3 rings (SSSR count). The molecule has 1 saturated heterocycles. The number of nitrogens with one attached hydrogen (secondary N) is 1. The third kappa shape index (κ3) is 5.95. The van der Waals surface area contributed by atoms with Gasteiger partial charge in [-0.15, -0.1) is 0 Å². The van der Waals surface area contributed by atoms with Crippen molar-refractivity contribution in [2.75, 3.05) is 37.7 Å². The van der Waals surface area contributed by atoms with Crippen LogP contribution in [0.25, 0.3) is 0 Å². The van der Waals surface area contributed by atoms with Gasteiger partial charge in [-0.25, -0.2) is 0 Å². The van der Waals surface area contributed by atoms with Crippen molar-refractivity contribution in [2.45, 2.75) is 25.9 Å². The summed E-state index contributed by atoms with van der Waals surface area (Å²) in [5.74, 6) is 1.53. The Bertz CT molecular complexity index is 751. The summed E-state index contributed by atoms with van der Waals surface area (Å²) < 4.78 is 5.88. The maximum Gasteiger partial charge on any atom is 0.198 e. The largest absolute Gasteiger partial charge is 0.489 e. The van der Waals surface area contributed by atoms with Crippen LogP contribution in [0.5, 0.6) is 5.75 Å². The average molecular weight is 397 g/mol. The molecule has 2 aromatic carbocycles. The molecule has 29 heavy (non-hydrogen) atoms. The van der Waals surface area contributed by atoms with E-state index in [1.807, 2.05) is 59.5 Å². The zero-order valence-corrected chi connectivity index (χ0v) is 17.0. The molecule has 4 N–H and O–H groups in total. The molecule has 0 aromatic heterocycles. The molecule has 1 unspecified atom stereocenters. The van der Waals surface area contributed by atoms with Crippen LogP contribution in [0.3, 0.4) is 0 Å². The lowest BCUT2D eigenvalue weighted by Gasteiger charge is -2.38. The summed E-state index contributed by atoms with van der Waals surface area (Å²) in [4.78, 5) is 4.08. The monoisotopic (exact) mass is 396 g/mol. The summed E-state index contributed by atoms with van der Waals surface area (Å²) in [6, 6.07) is 18.0. The molecular formula is C23H32N4O2. The second-order valence-corrected chi connectivity index (χ2v) is 7.52. The zero-order chi connectivity index (χ0) is 20.5. The Morgan fingerprint density at radius 2 is 1.93 bits per heavy atom. The minimum Gasteiger partial charge on any atom is -0.489 e. The van der Waals surface area contributed by atoms with E-state index in [9.17, 15) is 5.11 Å². The first-order chi connectivity index (χ1) is 14.2. The van der Waals surface area contributed by atoms with Crippen LogP contribution in [0.2, 0.25) is 0 Å². The minimum atomic E-state index is 0.181. The predicted molar refractivity (Wildman–Crippen MR) is 117 cm³/mol. The number of piperidine rings is 1. The normalized spacial score (nSPS) is 16.5. The Kier molecular flexibility index (Phi) is 7.90. The molecule has 0 radical (unpaired) electrons. The minimum absolute atomic E-state index is 0.181. The predicted octanol–water partition coefficient (Wildman–Crippen LogP) is 3.06. The first-order valence-corrected chi connectivity index (χ1v) is 10.4. The van der Waals surface area contributed by atoms with Gasteiger partial charge < -0.3 is 25.4 Å². The Morgan fingerprint density at radius 3 is 2.62 bits per heavy atom. The highest BCUT2D eigenvalue weighted by molar-refractivity contribution is 5.94. The molecule has 1 fully saturated rings. The zero-order valence-electron chi connectivity index (χ0n) is 17.0. The highest BCUT2D eigenvalue weighted by Gasteiger charge is 2.25. The van der Waals surface area contributed by atoms with Crippen LogP contribution >= 0.6 is 0 Å². The Morgan fingerprint density at radius 1 is 1.17 bits per heavy atom. The molecule has 1 aliphatic heterocycles. The quantitative estimate of drug-likeness (QED) is 0.472. The molecule has 0 spiro atoms. The number of hydrogen-bond donors (Lipinski definition) is 3. The van der Waals surface area contributed by atoms with Crippen molar-refractivity contribution in [2.24, 2.45) is 11.7 Å². The molecule has 6 heteroatoms. The average Bonchev–Trinajstić information content (AvgIpc) is 2.79. The van der Waals surface area contributed by atoms with E-state index in [0.29, 0.717) is 25.7 Å². The molecule has 1 atom stereocenters. The fourth-order valence-electron chi connectivity index (χ4n) is 3.65. The number of ether oxygens (including phenoxy) is 1. The van der Waals surface area contributed by atoms with E-state index in [0.717, 1.165) is 49.4 Å². The molecule has 6 nitrogen and oxygen atoms in total. The van der Waals surface area contributed by atoms with Gasteiger partial charge in [-0.05, 0) is 61.6 Å². The summed E-state index contributed by atoms with van der Waals surface area (Å²) in [6.45, 7) is 3.57. The molecule has 2 aromatic rings. The van der Waals surface area contributed by atoms with Crippen molar-refractivity contribution in [1.82, 2.24) is 4.90 Å². The molecule has 1 heterocycles. The summed E-state index contributed by atoms with van der Waals surface area (Å²) in [7, 11) is 0. The maximum absolute atomic E-state index is 9.51. The van der Waals surface area contributed by atoms with Gasteiger partial charge in [0.2, 0.25) is 0 Å². The summed E-state index contributed by atoms with van der Waals surface area (Å²) in [5.41, 5.74) is 7.82. The number of anilines is 1. The summed E-state index contributed by atoms with van der Waals surface area (Å²) in [6.07, 6.45) is 2.84. The van der Waals surface area contributed by atoms with Crippen molar-refractivity contribution in [3.63, 3.8) is 0 Å². The lowest BCUT2D eigenvalue weighted by Crippen LogP contribution is -2.49. The topological polar surface area (TPSA) is 85.8 Å². The third-order valence-corrected chi connectivity index (χ3v) is 5.31. The van der Waals surface area contributed by atoms with Crippen molar-refractivity contribution in [3.8, 4) is 5.75 Å². The van der Waals surface area contributed by atoms with Crippen molar-refractivity contribution in [1.29, 1.82) is 5.41 Å². The van der Waals surface area contributed by atoms with Gasteiger partial charge in [0, 0.05) is 31.9 Å². The summed E-state index contributed by atoms with van der Waals surface area (Å²) >= 11 is 0. The second-order valence-electron chi connectivity index (χ2n) is 7.52. The fraction of sp³-hybridized carbons (Fsp3) is 0.435. The van der Waals surface area contributed by atoms with E-state index in [2.05, 4.69) is 4.90 Å².